The maximum Gasteiger partial charge on any atom is 0.247 e. The van der Waals surface area contributed by atoms with Crippen LogP contribution in [0.2, 0.25) is 0 Å². The highest BCUT2D eigenvalue weighted by molar-refractivity contribution is 7.80. The smallest absolute Gasteiger partial charge is 0.247 e. The molecule has 1 unspecified atom stereocenters. The van der Waals surface area contributed by atoms with E-state index in [1.807, 2.05) is 0 Å². The first-order chi connectivity index (χ1) is 10.7. The summed E-state index contributed by atoms with van der Waals surface area (Å²) in [5, 5.41) is 2.86. The largest absolute Gasteiger partial charge is 0.302 e. The van der Waals surface area contributed by atoms with Crippen LogP contribution in [0.25, 0.3) is 0 Å². The molecule has 22 heavy (non-hydrogen) atoms. The highest BCUT2D eigenvalue weighted by atomic mass is 32.1. The van der Waals surface area contributed by atoms with Gasteiger partial charge in [-0.2, -0.15) is 0 Å². The highest BCUT2D eigenvalue weighted by Gasteiger charge is 2.44. The lowest BCUT2D eigenvalue weighted by Gasteiger charge is -2.30. The Hall–Kier alpha value is -1.56. The molecule has 1 aliphatic heterocycles. The number of allylic oxidation sites excluding steroid dienone is 1. The van der Waals surface area contributed by atoms with Crippen LogP contribution in [0.15, 0.2) is 16.6 Å². The number of nitrogens with zero attached hydrogens (tertiary/aromatic N) is 2. The first-order valence-electron chi connectivity index (χ1n) is 8.02. The molecule has 2 aliphatic carbocycles. The third kappa shape index (κ3) is 3.43. The van der Waals surface area contributed by atoms with E-state index in [4.69, 9.17) is 12.2 Å². The number of hydrogen-bond acceptors (Lipinski definition) is 4. The van der Waals surface area contributed by atoms with Crippen LogP contribution in [0.3, 0.4) is 0 Å². The van der Waals surface area contributed by atoms with Crippen molar-refractivity contribution < 1.29 is 9.59 Å². The Kier molecular flexibility index (Phi) is 4.66. The van der Waals surface area contributed by atoms with Crippen molar-refractivity contribution in [3.05, 3.63) is 11.6 Å². The summed E-state index contributed by atoms with van der Waals surface area (Å²) in [6, 6.07) is 0.170. The van der Waals surface area contributed by atoms with Crippen LogP contribution in [-0.4, -0.2) is 40.6 Å². The summed E-state index contributed by atoms with van der Waals surface area (Å²) in [6.07, 6.45) is 11.5. The van der Waals surface area contributed by atoms with Crippen LogP contribution < -0.4 is 5.32 Å². The number of carbonyl (C=O) groups is 2. The van der Waals surface area contributed by atoms with Crippen molar-refractivity contribution in [2.24, 2.45) is 10.9 Å². The predicted molar refractivity (Wildman–Crippen MR) is 88.6 cm³/mol. The fourth-order valence-electron chi connectivity index (χ4n) is 2.94. The quantitative estimate of drug-likeness (QED) is 0.365. The van der Waals surface area contributed by atoms with Crippen molar-refractivity contribution in [3.63, 3.8) is 0 Å². The molecule has 0 bridgehead atoms. The van der Waals surface area contributed by atoms with Crippen LogP contribution in [0, 0.1) is 5.92 Å². The fraction of sp³-hybridized carbons (Fsp3) is 0.625. The first-order valence-corrected chi connectivity index (χ1v) is 8.43. The number of nitrogens with one attached hydrogen (secondary N) is 1. The van der Waals surface area contributed by atoms with Gasteiger partial charge < -0.3 is 5.32 Å². The van der Waals surface area contributed by atoms with Crippen LogP contribution in [0.4, 0.5) is 0 Å². The molecule has 0 radical (unpaired) electrons. The van der Waals surface area contributed by atoms with E-state index in [1.165, 1.54) is 24.6 Å². The second-order valence-electron chi connectivity index (χ2n) is 6.12. The molecule has 0 aromatic rings. The number of amides is 2. The Balaban J connectivity index is 1.56. The van der Waals surface area contributed by atoms with Crippen molar-refractivity contribution in [1.82, 2.24) is 10.2 Å². The minimum atomic E-state index is -0.826. The van der Waals surface area contributed by atoms with Crippen LogP contribution >= 0.6 is 12.2 Å². The van der Waals surface area contributed by atoms with Crippen LogP contribution in [0.1, 0.15) is 44.9 Å². The first kappa shape index (κ1) is 15.3. The summed E-state index contributed by atoms with van der Waals surface area (Å²) in [6.45, 7) is 0.636. The Morgan fingerprint density at radius 3 is 2.86 bits per heavy atom. The number of carbonyl (C=O) groups excluding carboxylic acids is 2. The molecule has 2 fully saturated rings. The SMILES string of the molecule is O=C1NC(=S)N(C2CC2)C(=O)C1C=NCCC1=CCCCC1. The van der Waals surface area contributed by atoms with Gasteiger partial charge in [0.2, 0.25) is 11.8 Å². The number of thiocarbonyl (C=S) groups is 1. The van der Waals surface area contributed by atoms with E-state index in [0.717, 1.165) is 32.1 Å². The summed E-state index contributed by atoms with van der Waals surface area (Å²) in [5.41, 5.74) is 1.45. The molecule has 1 saturated carbocycles. The van der Waals surface area contributed by atoms with Gasteiger partial charge in [0.1, 0.15) is 0 Å². The van der Waals surface area contributed by atoms with Crippen molar-refractivity contribution in [2.45, 2.75) is 51.0 Å². The maximum atomic E-state index is 12.4. The summed E-state index contributed by atoms with van der Waals surface area (Å²) in [5.74, 6) is -1.41. The minimum Gasteiger partial charge on any atom is -0.302 e. The number of aliphatic imine (C=N–C) groups is 1. The topological polar surface area (TPSA) is 61.8 Å². The van der Waals surface area contributed by atoms with Gasteiger partial charge in [0.25, 0.3) is 0 Å². The molecule has 5 nitrogen and oxygen atoms in total. The lowest BCUT2D eigenvalue weighted by atomic mass is 9.97. The van der Waals surface area contributed by atoms with E-state index in [0.29, 0.717) is 6.54 Å². The predicted octanol–water partition coefficient (Wildman–Crippen LogP) is 1.97. The van der Waals surface area contributed by atoms with Gasteiger partial charge in [0.05, 0.1) is 0 Å². The van der Waals surface area contributed by atoms with Gasteiger partial charge in [-0.15, -0.1) is 0 Å². The zero-order valence-corrected chi connectivity index (χ0v) is 13.4. The standard InChI is InChI=1S/C16H21N3O2S/c20-14-13(10-17-9-8-11-4-2-1-3-5-11)15(21)19(12-6-7-12)16(22)18-14/h4,10,12-13H,1-3,5-9H2,(H,18,20,22). The van der Waals surface area contributed by atoms with Gasteiger partial charge in [-0.3, -0.25) is 19.5 Å². The minimum absolute atomic E-state index is 0.170. The normalized spacial score (nSPS) is 26.4. The van der Waals surface area contributed by atoms with E-state index >= 15 is 0 Å². The van der Waals surface area contributed by atoms with Gasteiger partial charge in [0, 0.05) is 18.8 Å². The Labute approximate surface area is 135 Å². The average molecular weight is 319 g/mol. The van der Waals surface area contributed by atoms with E-state index in [1.54, 1.807) is 4.90 Å². The number of rotatable bonds is 5. The van der Waals surface area contributed by atoms with Crippen molar-refractivity contribution in [2.75, 3.05) is 6.54 Å². The van der Waals surface area contributed by atoms with Gasteiger partial charge in [-0.1, -0.05) is 11.6 Å². The van der Waals surface area contributed by atoms with Gasteiger partial charge in [-0.05, 0) is 57.2 Å². The molecule has 3 rings (SSSR count). The molecule has 118 valence electrons. The zero-order chi connectivity index (χ0) is 15.5. The molecule has 2 amide bonds. The van der Waals surface area contributed by atoms with Crippen molar-refractivity contribution >= 4 is 35.4 Å². The molecule has 3 aliphatic rings. The molecular formula is C16H21N3O2S. The molecule has 0 aromatic carbocycles. The molecule has 1 N–H and O–H groups in total. The third-order valence-electron chi connectivity index (χ3n) is 4.35. The fourth-order valence-corrected chi connectivity index (χ4v) is 3.27. The zero-order valence-electron chi connectivity index (χ0n) is 12.6. The maximum absolute atomic E-state index is 12.4. The molecular weight excluding hydrogens is 298 g/mol. The summed E-state index contributed by atoms with van der Waals surface area (Å²) < 4.78 is 0. The Morgan fingerprint density at radius 1 is 1.36 bits per heavy atom. The highest BCUT2D eigenvalue weighted by Crippen LogP contribution is 2.29. The van der Waals surface area contributed by atoms with E-state index in [9.17, 15) is 9.59 Å². The molecule has 6 heteroatoms. The Bertz CT molecular complexity index is 552. The van der Waals surface area contributed by atoms with Crippen molar-refractivity contribution in [1.29, 1.82) is 0 Å². The molecule has 1 saturated heterocycles. The second-order valence-corrected chi connectivity index (χ2v) is 6.51. The second kappa shape index (κ2) is 6.69. The van der Waals surface area contributed by atoms with E-state index in [-0.39, 0.29) is 23.0 Å². The summed E-state index contributed by atoms with van der Waals surface area (Å²) >= 11 is 5.09. The van der Waals surface area contributed by atoms with E-state index in [2.05, 4.69) is 16.4 Å². The van der Waals surface area contributed by atoms with Gasteiger partial charge >= 0.3 is 0 Å². The van der Waals surface area contributed by atoms with Crippen LogP contribution in [-0.2, 0) is 9.59 Å². The summed E-state index contributed by atoms with van der Waals surface area (Å²) in [7, 11) is 0. The molecule has 0 aromatic heterocycles. The van der Waals surface area contributed by atoms with Gasteiger partial charge in [0.15, 0.2) is 11.0 Å². The van der Waals surface area contributed by atoms with E-state index < -0.39 is 5.92 Å². The van der Waals surface area contributed by atoms with Gasteiger partial charge in [-0.25, -0.2) is 0 Å². The molecule has 1 atom stereocenters. The lowest BCUT2D eigenvalue weighted by molar-refractivity contribution is -0.138. The number of hydrogen-bond donors (Lipinski definition) is 1. The summed E-state index contributed by atoms with van der Waals surface area (Å²) in [4.78, 5) is 30.2. The lowest BCUT2D eigenvalue weighted by Crippen LogP contribution is -2.58. The van der Waals surface area contributed by atoms with Crippen LogP contribution in [0.5, 0.6) is 0 Å². The average Bonchev–Trinajstić information content (AvgIpc) is 3.32. The molecule has 1 heterocycles. The third-order valence-corrected chi connectivity index (χ3v) is 4.65. The van der Waals surface area contributed by atoms with Crippen molar-refractivity contribution in [3.8, 4) is 0 Å². The molecule has 0 spiro atoms. The monoisotopic (exact) mass is 319 g/mol. The Morgan fingerprint density at radius 2 is 2.18 bits per heavy atom.